The van der Waals surface area contributed by atoms with Crippen LogP contribution in [0.25, 0.3) is 0 Å². The fraction of sp³-hybridized carbons (Fsp3) is 0.333. The number of rotatable bonds is 7. The van der Waals surface area contributed by atoms with Gasteiger partial charge >= 0.3 is 0 Å². The van der Waals surface area contributed by atoms with Crippen molar-refractivity contribution in [2.75, 3.05) is 25.1 Å². The smallest absolute Gasteiger partial charge is 0.123 e. The molecule has 21 heavy (non-hydrogen) atoms. The number of nitrogens with two attached hydrogens (primary N) is 1. The lowest BCUT2D eigenvalue weighted by molar-refractivity contribution is 0.309. The second kappa shape index (κ2) is 7.70. The number of hydrogen-bond acceptors (Lipinski definition) is 3. The van der Waals surface area contributed by atoms with Crippen molar-refractivity contribution in [1.29, 1.82) is 0 Å². The molecule has 2 N–H and O–H groups in total. The molecule has 0 aliphatic heterocycles. The summed E-state index contributed by atoms with van der Waals surface area (Å²) in [5, 5.41) is 0. The fourth-order valence-electron chi connectivity index (χ4n) is 2.23. The summed E-state index contributed by atoms with van der Waals surface area (Å²) in [6.07, 6.45) is 0.975. The van der Waals surface area contributed by atoms with Crippen molar-refractivity contribution >= 4 is 5.69 Å². The largest absolute Gasteiger partial charge is 0.493 e. The van der Waals surface area contributed by atoms with E-state index in [-0.39, 0.29) is 0 Å². The molecule has 112 valence electrons. The van der Waals surface area contributed by atoms with Gasteiger partial charge < -0.3 is 15.4 Å². The minimum absolute atomic E-state index is 0.513. The van der Waals surface area contributed by atoms with Crippen LogP contribution < -0.4 is 15.4 Å². The summed E-state index contributed by atoms with van der Waals surface area (Å²) < 4.78 is 5.83. The van der Waals surface area contributed by atoms with E-state index in [2.05, 4.69) is 43.1 Å². The van der Waals surface area contributed by atoms with Crippen molar-refractivity contribution in [3.63, 3.8) is 0 Å². The molecule has 0 saturated carbocycles. The van der Waals surface area contributed by atoms with Crippen LogP contribution in [0.15, 0.2) is 48.5 Å². The topological polar surface area (TPSA) is 38.5 Å². The molecule has 0 aliphatic rings. The zero-order valence-corrected chi connectivity index (χ0v) is 12.9. The fourth-order valence-corrected chi connectivity index (χ4v) is 2.23. The first-order chi connectivity index (χ1) is 10.2. The van der Waals surface area contributed by atoms with Crippen LogP contribution in [0.3, 0.4) is 0 Å². The minimum atomic E-state index is 0.513. The first-order valence-electron chi connectivity index (χ1n) is 7.39. The summed E-state index contributed by atoms with van der Waals surface area (Å²) in [5.74, 6) is 0.901. The van der Waals surface area contributed by atoms with Crippen LogP contribution >= 0.6 is 0 Å². The quantitative estimate of drug-likeness (QED) is 0.792. The van der Waals surface area contributed by atoms with Crippen LogP contribution in [-0.2, 0) is 6.54 Å². The number of nitrogens with zero attached hydrogens (tertiary/aromatic N) is 1. The van der Waals surface area contributed by atoms with Crippen LogP contribution in [0, 0.1) is 6.92 Å². The van der Waals surface area contributed by atoms with Gasteiger partial charge in [-0.05, 0) is 31.5 Å². The van der Waals surface area contributed by atoms with E-state index >= 15 is 0 Å². The first kappa shape index (κ1) is 15.4. The summed E-state index contributed by atoms with van der Waals surface area (Å²) in [4.78, 5) is 2.25. The van der Waals surface area contributed by atoms with Gasteiger partial charge in [0.25, 0.3) is 0 Å². The van der Waals surface area contributed by atoms with Gasteiger partial charge in [-0.3, -0.25) is 0 Å². The lowest BCUT2D eigenvalue weighted by Crippen LogP contribution is -2.20. The molecule has 0 saturated heterocycles. The maximum absolute atomic E-state index is 5.83. The average molecular weight is 284 g/mol. The Morgan fingerprint density at radius 3 is 2.48 bits per heavy atom. The Bertz CT molecular complexity index is 551. The highest BCUT2D eigenvalue weighted by Gasteiger charge is 2.03. The molecule has 0 radical (unpaired) electrons. The Morgan fingerprint density at radius 1 is 1.05 bits per heavy atom. The lowest BCUT2D eigenvalue weighted by atomic mass is 10.2. The maximum Gasteiger partial charge on any atom is 0.123 e. The standard InChI is InChI=1S/C18H24N2O/c1-15-8-10-17(11-9-15)20(2)12-5-13-21-18-7-4-3-6-16(18)14-19/h3-4,6-11H,5,12-14,19H2,1-2H3. The number of aryl methyl sites for hydroxylation is 1. The molecule has 0 unspecified atom stereocenters. The second-order valence-electron chi connectivity index (χ2n) is 5.27. The van der Waals surface area contributed by atoms with Crippen molar-refractivity contribution in [2.24, 2.45) is 5.73 Å². The molecule has 2 aromatic carbocycles. The zero-order chi connectivity index (χ0) is 15.1. The van der Waals surface area contributed by atoms with Crippen LogP contribution in [0.4, 0.5) is 5.69 Å². The Balaban J connectivity index is 1.78. The average Bonchev–Trinajstić information content (AvgIpc) is 2.52. The predicted molar refractivity (Wildman–Crippen MR) is 88.9 cm³/mol. The number of hydrogen-bond donors (Lipinski definition) is 1. The van der Waals surface area contributed by atoms with Gasteiger partial charge in [-0.2, -0.15) is 0 Å². The van der Waals surface area contributed by atoms with Crippen LogP contribution in [0.1, 0.15) is 17.5 Å². The van der Waals surface area contributed by atoms with E-state index in [0.717, 1.165) is 24.3 Å². The number of anilines is 1. The van der Waals surface area contributed by atoms with E-state index in [4.69, 9.17) is 10.5 Å². The molecule has 3 nitrogen and oxygen atoms in total. The van der Waals surface area contributed by atoms with Gasteiger partial charge in [0, 0.05) is 31.4 Å². The van der Waals surface area contributed by atoms with Gasteiger partial charge in [0.1, 0.15) is 5.75 Å². The third-order valence-electron chi connectivity index (χ3n) is 3.56. The van der Waals surface area contributed by atoms with E-state index in [1.165, 1.54) is 11.3 Å². The molecule has 0 atom stereocenters. The number of para-hydroxylation sites is 1. The van der Waals surface area contributed by atoms with Crippen LogP contribution in [0.2, 0.25) is 0 Å². The summed E-state index contributed by atoms with van der Waals surface area (Å²) in [6, 6.07) is 16.5. The van der Waals surface area contributed by atoms with Crippen molar-refractivity contribution < 1.29 is 4.74 Å². The Kier molecular flexibility index (Phi) is 5.64. The van der Waals surface area contributed by atoms with Gasteiger partial charge in [0.2, 0.25) is 0 Å². The third kappa shape index (κ3) is 4.50. The van der Waals surface area contributed by atoms with Gasteiger partial charge in [-0.15, -0.1) is 0 Å². The molecule has 0 aliphatic carbocycles. The minimum Gasteiger partial charge on any atom is -0.493 e. The maximum atomic E-state index is 5.83. The third-order valence-corrected chi connectivity index (χ3v) is 3.56. The molecule has 0 heterocycles. The molecular formula is C18H24N2O. The summed E-state index contributed by atoms with van der Waals surface area (Å²) >= 11 is 0. The van der Waals surface area contributed by atoms with Gasteiger partial charge in [-0.25, -0.2) is 0 Å². The number of benzene rings is 2. The van der Waals surface area contributed by atoms with Crippen LogP contribution in [0.5, 0.6) is 5.75 Å². The monoisotopic (exact) mass is 284 g/mol. The van der Waals surface area contributed by atoms with Gasteiger partial charge in [-0.1, -0.05) is 35.9 Å². The van der Waals surface area contributed by atoms with Crippen molar-refractivity contribution in [1.82, 2.24) is 0 Å². The Hall–Kier alpha value is -2.00. The van der Waals surface area contributed by atoms with E-state index in [0.29, 0.717) is 13.2 Å². The highest BCUT2D eigenvalue weighted by Crippen LogP contribution is 2.17. The Morgan fingerprint density at radius 2 is 1.76 bits per heavy atom. The van der Waals surface area contributed by atoms with E-state index in [1.54, 1.807) is 0 Å². The molecule has 3 heteroatoms. The van der Waals surface area contributed by atoms with Crippen LogP contribution in [-0.4, -0.2) is 20.2 Å². The van der Waals surface area contributed by atoms with Crippen molar-refractivity contribution in [3.05, 3.63) is 59.7 Å². The first-order valence-corrected chi connectivity index (χ1v) is 7.39. The zero-order valence-electron chi connectivity index (χ0n) is 12.9. The highest BCUT2D eigenvalue weighted by molar-refractivity contribution is 5.46. The predicted octanol–water partition coefficient (Wildman–Crippen LogP) is 3.36. The molecule has 0 bridgehead atoms. The molecular weight excluding hydrogens is 260 g/mol. The van der Waals surface area contributed by atoms with Crippen molar-refractivity contribution in [2.45, 2.75) is 19.9 Å². The molecule has 2 rings (SSSR count). The summed E-state index contributed by atoms with van der Waals surface area (Å²) in [7, 11) is 2.11. The SMILES string of the molecule is Cc1ccc(N(C)CCCOc2ccccc2CN)cc1. The highest BCUT2D eigenvalue weighted by atomic mass is 16.5. The number of ether oxygens (including phenoxy) is 1. The van der Waals surface area contributed by atoms with Crippen molar-refractivity contribution in [3.8, 4) is 5.75 Å². The van der Waals surface area contributed by atoms with E-state index < -0.39 is 0 Å². The molecule has 0 amide bonds. The molecule has 0 aromatic heterocycles. The van der Waals surface area contributed by atoms with E-state index in [9.17, 15) is 0 Å². The molecule has 0 fully saturated rings. The van der Waals surface area contributed by atoms with E-state index in [1.807, 2.05) is 24.3 Å². The summed E-state index contributed by atoms with van der Waals surface area (Å²) in [5.41, 5.74) is 9.29. The van der Waals surface area contributed by atoms with Gasteiger partial charge in [0.15, 0.2) is 0 Å². The lowest BCUT2D eigenvalue weighted by Gasteiger charge is -2.19. The molecule has 0 spiro atoms. The second-order valence-corrected chi connectivity index (χ2v) is 5.27. The normalized spacial score (nSPS) is 10.4. The Labute approximate surface area is 127 Å². The van der Waals surface area contributed by atoms with Gasteiger partial charge in [0.05, 0.1) is 6.61 Å². The summed E-state index contributed by atoms with van der Waals surface area (Å²) in [6.45, 7) is 4.28. The molecule has 2 aromatic rings.